The van der Waals surface area contributed by atoms with E-state index in [1.807, 2.05) is 12.3 Å². The first-order chi connectivity index (χ1) is 8.90. The standard InChI is InChI=1S/C14H22N4/c15-9-14(12-6-7-16-10-17-12)18-8-2-4-11-3-1-5-13(11)18/h6-7,10-11,13-14H,1-5,8-9,15H2. The van der Waals surface area contributed by atoms with Gasteiger partial charge < -0.3 is 5.73 Å². The highest BCUT2D eigenvalue weighted by molar-refractivity contribution is 5.08. The van der Waals surface area contributed by atoms with E-state index < -0.39 is 0 Å². The Hall–Kier alpha value is -1.00. The summed E-state index contributed by atoms with van der Waals surface area (Å²) in [6.45, 7) is 1.83. The van der Waals surface area contributed by atoms with Crippen molar-refractivity contribution in [3.63, 3.8) is 0 Å². The van der Waals surface area contributed by atoms with Gasteiger partial charge in [-0.15, -0.1) is 0 Å². The zero-order chi connectivity index (χ0) is 12.4. The molecule has 0 bridgehead atoms. The first-order valence-electron chi connectivity index (χ1n) is 7.12. The van der Waals surface area contributed by atoms with E-state index in [4.69, 9.17) is 5.73 Å². The molecular weight excluding hydrogens is 224 g/mol. The van der Waals surface area contributed by atoms with Crippen LogP contribution in [0.5, 0.6) is 0 Å². The van der Waals surface area contributed by atoms with Crippen LogP contribution in [0.2, 0.25) is 0 Å². The highest BCUT2D eigenvalue weighted by Crippen LogP contribution is 2.40. The number of likely N-dealkylation sites (tertiary alicyclic amines) is 1. The lowest BCUT2D eigenvalue weighted by molar-refractivity contribution is 0.0683. The summed E-state index contributed by atoms with van der Waals surface area (Å²) in [6, 6.07) is 3.02. The van der Waals surface area contributed by atoms with E-state index in [-0.39, 0.29) is 6.04 Å². The lowest BCUT2D eigenvalue weighted by atomic mass is 9.90. The van der Waals surface area contributed by atoms with Crippen LogP contribution in [0.1, 0.15) is 43.8 Å². The fourth-order valence-electron chi connectivity index (χ4n) is 3.80. The van der Waals surface area contributed by atoms with Gasteiger partial charge in [-0.3, -0.25) is 4.90 Å². The third-order valence-electron chi connectivity index (χ3n) is 4.61. The summed E-state index contributed by atoms with van der Waals surface area (Å²) >= 11 is 0. The number of rotatable bonds is 3. The van der Waals surface area contributed by atoms with Crippen LogP contribution in [0, 0.1) is 5.92 Å². The second-order valence-electron chi connectivity index (χ2n) is 5.52. The van der Waals surface area contributed by atoms with Crippen LogP contribution in [0.15, 0.2) is 18.6 Å². The van der Waals surface area contributed by atoms with Crippen molar-refractivity contribution in [2.75, 3.05) is 13.1 Å². The van der Waals surface area contributed by atoms with Crippen molar-refractivity contribution in [3.8, 4) is 0 Å². The summed E-state index contributed by atoms with van der Waals surface area (Å²) in [5.41, 5.74) is 7.10. The van der Waals surface area contributed by atoms with Gasteiger partial charge >= 0.3 is 0 Å². The summed E-state index contributed by atoms with van der Waals surface area (Å²) in [6.07, 6.45) is 10.3. The third kappa shape index (κ3) is 2.15. The van der Waals surface area contributed by atoms with Gasteiger partial charge in [0.1, 0.15) is 6.33 Å². The molecule has 2 aliphatic rings. The topological polar surface area (TPSA) is 55.0 Å². The molecule has 0 amide bonds. The average Bonchev–Trinajstić information content (AvgIpc) is 2.90. The van der Waals surface area contributed by atoms with E-state index in [9.17, 15) is 0 Å². The molecule has 1 aromatic rings. The Bertz CT molecular complexity index is 381. The molecule has 3 unspecified atom stereocenters. The van der Waals surface area contributed by atoms with Gasteiger partial charge in [-0.25, -0.2) is 9.97 Å². The van der Waals surface area contributed by atoms with E-state index in [2.05, 4.69) is 14.9 Å². The summed E-state index contributed by atoms with van der Waals surface area (Å²) in [4.78, 5) is 11.0. The maximum absolute atomic E-state index is 6.02. The second-order valence-corrected chi connectivity index (χ2v) is 5.52. The van der Waals surface area contributed by atoms with Crippen LogP contribution in [-0.2, 0) is 0 Å². The molecule has 0 aromatic carbocycles. The molecule has 98 valence electrons. The number of fused-ring (bicyclic) bond motifs is 1. The van der Waals surface area contributed by atoms with Crippen LogP contribution in [0.3, 0.4) is 0 Å². The van der Waals surface area contributed by atoms with Crippen LogP contribution >= 0.6 is 0 Å². The molecule has 1 aliphatic carbocycles. The maximum atomic E-state index is 6.02. The molecule has 1 aliphatic heterocycles. The summed E-state index contributed by atoms with van der Waals surface area (Å²) in [7, 11) is 0. The molecular formula is C14H22N4. The van der Waals surface area contributed by atoms with Gasteiger partial charge in [0.05, 0.1) is 11.7 Å². The summed E-state index contributed by atoms with van der Waals surface area (Å²) < 4.78 is 0. The monoisotopic (exact) mass is 246 g/mol. The molecule has 0 spiro atoms. The Morgan fingerprint density at radius 2 is 2.22 bits per heavy atom. The van der Waals surface area contributed by atoms with Gasteiger partial charge in [-0.1, -0.05) is 6.42 Å². The van der Waals surface area contributed by atoms with Crippen molar-refractivity contribution in [1.29, 1.82) is 0 Å². The number of piperidine rings is 1. The quantitative estimate of drug-likeness (QED) is 0.882. The van der Waals surface area contributed by atoms with E-state index in [0.717, 1.165) is 17.7 Å². The van der Waals surface area contributed by atoms with Gasteiger partial charge in [0.25, 0.3) is 0 Å². The molecule has 1 saturated heterocycles. The smallest absolute Gasteiger partial charge is 0.115 e. The minimum atomic E-state index is 0.277. The molecule has 2 N–H and O–H groups in total. The zero-order valence-corrected chi connectivity index (χ0v) is 10.8. The van der Waals surface area contributed by atoms with Crippen molar-refractivity contribution >= 4 is 0 Å². The van der Waals surface area contributed by atoms with E-state index >= 15 is 0 Å². The molecule has 0 radical (unpaired) electrons. The largest absolute Gasteiger partial charge is 0.329 e. The van der Waals surface area contributed by atoms with Crippen LogP contribution in [-0.4, -0.2) is 34.0 Å². The molecule has 1 saturated carbocycles. The Morgan fingerprint density at radius 1 is 1.33 bits per heavy atom. The lowest BCUT2D eigenvalue weighted by Gasteiger charge is -2.42. The SMILES string of the molecule is NCC(c1ccncn1)N1CCCC2CCCC21. The number of hydrogen-bond acceptors (Lipinski definition) is 4. The normalized spacial score (nSPS) is 30.1. The van der Waals surface area contributed by atoms with E-state index in [0.29, 0.717) is 6.54 Å². The predicted octanol–water partition coefficient (Wildman–Crippen LogP) is 1.74. The van der Waals surface area contributed by atoms with Gasteiger partial charge in [0.15, 0.2) is 0 Å². The van der Waals surface area contributed by atoms with E-state index in [1.54, 1.807) is 6.33 Å². The zero-order valence-electron chi connectivity index (χ0n) is 10.8. The van der Waals surface area contributed by atoms with E-state index in [1.165, 1.54) is 38.6 Å². The van der Waals surface area contributed by atoms with Crippen molar-refractivity contribution in [2.24, 2.45) is 11.7 Å². The number of aromatic nitrogens is 2. The van der Waals surface area contributed by atoms with Crippen LogP contribution < -0.4 is 5.73 Å². The van der Waals surface area contributed by atoms with Gasteiger partial charge in [-0.2, -0.15) is 0 Å². The van der Waals surface area contributed by atoms with Crippen LogP contribution in [0.25, 0.3) is 0 Å². The highest BCUT2D eigenvalue weighted by atomic mass is 15.2. The van der Waals surface area contributed by atoms with Gasteiger partial charge in [0.2, 0.25) is 0 Å². The Labute approximate surface area is 109 Å². The average molecular weight is 246 g/mol. The molecule has 3 atom stereocenters. The molecule has 1 aromatic heterocycles. The predicted molar refractivity (Wildman–Crippen MR) is 70.9 cm³/mol. The minimum absolute atomic E-state index is 0.277. The molecule has 2 heterocycles. The summed E-state index contributed by atoms with van der Waals surface area (Å²) in [5, 5.41) is 0. The Morgan fingerprint density at radius 3 is 3.00 bits per heavy atom. The minimum Gasteiger partial charge on any atom is -0.329 e. The summed E-state index contributed by atoms with van der Waals surface area (Å²) in [5.74, 6) is 0.898. The second kappa shape index (κ2) is 5.33. The third-order valence-corrected chi connectivity index (χ3v) is 4.61. The van der Waals surface area contributed by atoms with Gasteiger partial charge in [0, 0.05) is 18.8 Å². The fourth-order valence-corrected chi connectivity index (χ4v) is 3.80. The fraction of sp³-hybridized carbons (Fsp3) is 0.714. The van der Waals surface area contributed by atoms with Crippen molar-refractivity contribution in [2.45, 2.75) is 44.2 Å². The molecule has 4 nitrogen and oxygen atoms in total. The first kappa shape index (κ1) is 12.1. The number of nitrogens with two attached hydrogens (primary N) is 1. The first-order valence-corrected chi connectivity index (χ1v) is 7.12. The lowest BCUT2D eigenvalue weighted by Crippen LogP contribution is -2.47. The van der Waals surface area contributed by atoms with Crippen LogP contribution in [0.4, 0.5) is 0 Å². The highest BCUT2D eigenvalue weighted by Gasteiger charge is 2.38. The van der Waals surface area contributed by atoms with Crippen molar-refractivity contribution in [1.82, 2.24) is 14.9 Å². The maximum Gasteiger partial charge on any atom is 0.115 e. The Balaban J connectivity index is 1.82. The number of hydrogen-bond donors (Lipinski definition) is 1. The van der Waals surface area contributed by atoms with Crippen molar-refractivity contribution < 1.29 is 0 Å². The Kier molecular flexibility index (Phi) is 3.57. The van der Waals surface area contributed by atoms with Crippen molar-refractivity contribution in [3.05, 3.63) is 24.3 Å². The molecule has 2 fully saturated rings. The molecule has 3 rings (SSSR count). The van der Waals surface area contributed by atoms with Gasteiger partial charge in [-0.05, 0) is 44.2 Å². The number of nitrogens with zero attached hydrogens (tertiary/aromatic N) is 3. The molecule has 18 heavy (non-hydrogen) atoms. The molecule has 4 heteroatoms.